The predicted molar refractivity (Wildman–Crippen MR) is 53.4 cm³/mol. The third-order valence-electron chi connectivity index (χ3n) is 1.69. The number of nitrogens with two attached hydrogens (primary N) is 1. The van der Waals surface area contributed by atoms with Gasteiger partial charge in [0.1, 0.15) is 5.60 Å². The number of rotatable bonds is 4. The van der Waals surface area contributed by atoms with Crippen LogP contribution in [0, 0.1) is 5.92 Å². The van der Waals surface area contributed by atoms with Crippen molar-refractivity contribution in [1.82, 2.24) is 0 Å². The van der Waals surface area contributed by atoms with Crippen LogP contribution in [0.15, 0.2) is 0 Å². The number of primary amides is 1. The van der Waals surface area contributed by atoms with E-state index in [-0.39, 0.29) is 24.2 Å². The van der Waals surface area contributed by atoms with Crippen molar-refractivity contribution in [3.05, 3.63) is 0 Å². The quantitative estimate of drug-likeness (QED) is 0.695. The first-order valence-corrected chi connectivity index (χ1v) is 4.73. The number of esters is 1. The molecule has 0 aromatic carbocycles. The van der Waals surface area contributed by atoms with Crippen molar-refractivity contribution in [2.45, 2.75) is 46.1 Å². The number of hydrogen-bond donors (Lipinski definition) is 1. The Bertz CT molecular complexity index is 218. The minimum Gasteiger partial charge on any atom is -0.460 e. The number of hydrogen-bond acceptors (Lipinski definition) is 3. The molecule has 0 saturated heterocycles. The Kier molecular flexibility index (Phi) is 4.60. The Morgan fingerprint density at radius 3 is 2.21 bits per heavy atom. The molecule has 0 spiro atoms. The molecule has 0 radical (unpaired) electrons. The summed E-state index contributed by atoms with van der Waals surface area (Å²) in [5.41, 5.74) is 4.59. The SMILES string of the molecule is C[C@H](CCC(=O)OC(C)(C)C)C(N)=O. The summed E-state index contributed by atoms with van der Waals surface area (Å²) >= 11 is 0. The zero-order valence-electron chi connectivity index (χ0n) is 9.29. The highest BCUT2D eigenvalue weighted by molar-refractivity contribution is 5.77. The third-order valence-corrected chi connectivity index (χ3v) is 1.69. The van der Waals surface area contributed by atoms with Crippen LogP contribution in [0.4, 0.5) is 0 Å². The molecule has 0 aliphatic heterocycles. The van der Waals surface area contributed by atoms with Crippen LogP contribution in [0.5, 0.6) is 0 Å². The van der Waals surface area contributed by atoms with Gasteiger partial charge in [-0.2, -0.15) is 0 Å². The van der Waals surface area contributed by atoms with Gasteiger partial charge in [0.05, 0.1) is 0 Å². The fraction of sp³-hybridized carbons (Fsp3) is 0.800. The van der Waals surface area contributed by atoms with Gasteiger partial charge in [-0.1, -0.05) is 6.92 Å². The van der Waals surface area contributed by atoms with E-state index in [1.807, 2.05) is 20.8 Å². The maximum absolute atomic E-state index is 11.2. The summed E-state index contributed by atoms with van der Waals surface area (Å²) in [6.07, 6.45) is 0.686. The Labute approximate surface area is 84.8 Å². The highest BCUT2D eigenvalue weighted by atomic mass is 16.6. The molecule has 1 amide bonds. The van der Waals surface area contributed by atoms with Crippen molar-refractivity contribution in [2.75, 3.05) is 0 Å². The normalized spacial score (nSPS) is 13.4. The largest absolute Gasteiger partial charge is 0.460 e. The lowest BCUT2D eigenvalue weighted by Crippen LogP contribution is -2.25. The summed E-state index contributed by atoms with van der Waals surface area (Å²) in [4.78, 5) is 21.9. The van der Waals surface area contributed by atoms with Gasteiger partial charge in [-0.15, -0.1) is 0 Å². The molecule has 0 unspecified atom stereocenters. The lowest BCUT2D eigenvalue weighted by Gasteiger charge is -2.19. The van der Waals surface area contributed by atoms with E-state index in [1.54, 1.807) is 6.92 Å². The van der Waals surface area contributed by atoms with E-state index < -0.39 is 5.60 Å². The van der Waals surface area contributed by atoms with Crippen LogP contribution in [0.3, 0.4) is 0 Å². The van der Waals surface area contributed by atoms with Crippen LogP contribution >= 0.6 is 0 Å². The molecule has 0 aliphatic rings. The maximum Gasteiger partial charge on any atom is 0.306 e. The average molecular weight is 201 g/mol. The monoisotopic (exact) mass is 201 g/mol. The van der Waals surface area contributed by atoms with Gasteiger partial charge in [-0.05, 0) is 27.2 Å². The van der Waals surface area contributed by atoms with Crippen LogP contribution in [-0.4, -0.2) is 17.5 Å². The molecule has 14 heavy (non-hydrogen) atoms. The van der Waals surface area contributed by atoms with Crippen molar-refractivity contribution in [3.63, 3.8) is 0 Å². The molecular weight excluding hydrogens is 182 g/mol. The van der Waals surface area contributed by atoms with Gasteiger partial charge in [0, 0.05) is 12.3 Å². The zero-order valence-corrected chi connectivity index (χ0v) is 9.29. The third kappa shape index (κ3) is 6.46. The Morgan fingerprint density at radius 2 is 1.86 bits per heavy atom. The Hall–Kier alpha value is -1.06. The summed E-state index contributed by atoms with van der Waals surface area (Å²) in [6.45, 7) is 7.12. The van der Waals surface area contributed by atoms with E-state index in [4.69, 9.17) is 10.5 Å². The second-order valence-electron chi connectivity index (χ2n) is 4.43. The predicted octanol–water partition coefficient (Wildman–Crippen LogP) is 1.23. The first-order chi connectivity index (χ1) is 6.22. The maximum atomic E-state index is 11.2. The van der Waals surface area contributed by atoms with E-state index in [0.29, 0.717) is 6.42 Å². The summed E-state index contributed by atoms with van der Waals surface area (Å²) in [5, 5.41) is 0. The summed E-state index contributed by atoms with van der Waals surface area (Å²) in [6, 6.07) is 0. The van der Waals surface area contributed by atoms with Crippen LogP contribution in [0.25, 0.3) is 0 Å². The number of carbonyl (C=O) groups excluding carboxylic acids is 2. The molecule has 0 aromatic heterocycles. The number of amides is 1. The molecule has 1 atom stereocenters. The number of carbonyl (C=O) groups is 2. The summed E-state index contributed by atoms with van der Waals surface area (Å²) < 4.78 is 5.08. The molecule has 82 valence electrons. The minimum atomic E-state index is -0.465. The lowest BCUT2D eigenvalue weighted by molar-refractivity contribution is -0.155. The van der Waals surface area contributed by atoms with Crippen molar-refractivity contribution < 1.29 is 14.3 Å². The molecular formula is C10H19NO3. The van der Waals surface area contributed by atoms with Gasteiger partial charge in [-0.25, -0.2) is 0 Å². The van der Waals surface area contributed by atoms with E-state index >= 15 is 0 Å². The van der Waals surface area contributed by atoms with Crippen molar-refractivity contribution >= 4 is 11.9 Å². The molecule has 0 heterocycles. The zero-order chi connectivity index (χ0) is 11.4. The van der Waals surface area contributed by atoms with Gasteiger partial charge >= 0.3 is 5.97 Å². The van der Waals surface area contributed by atoms with E-state index in [1.165, 1.54) is 0 Å². The molecule has 4 nitrogen and oxygen atoms in total. The van der Waals surface area contributed by atoms with Gasteiger partial charge in [0.15, 0.2) is 0 Å². The van der Waals surface area contributed by atoms with Gasteiger partial charge in [0.2, 0.25) is 5.91 Å². The molecule has 0 rings (SSSR count). The van der Waals surface area contributed by atoms with Crippen LogP contribution < -0.4 is 5.73 Å². The lowest BCUT2D eigenvalue weighted by atomic mass is 10.1. The average Bonchev–Trinajstić information content (AvgIpc) is 1.96. The fourth-order valence-corrected chi connectivity index (χ4v) is 0.869. The van der Waals surface area contributed by atoms with E-state index in [9.17, 15) is 9.59 Å². The van der Waals surface area contributed by atoms with E-state index in [2.05, 4.69) is 0 Å². The molecule has 0 saturated carbocycles. The van der Waals surface area contributed by atoms with Gasteiger partial charge in [-0.3, -0.25) is 9.59 Å². The topological polar surface area (TPSA) is 69.4 Å². The van der Waals surface area contributed by atoms with Gasteiger partial charge < -0.3 is 10.5 Å². The Balaban J connectivity index is 3.81. The number of ether oxygens (including phenoxy) is 1. The first kappa shape index (κ1) is 12.9. The molecule has 0 aromatic rings. The summed E-state index contributed by atoms with van der Waals surface area (Å²) in [5.74, 6) is -0.943. The van der Waals surface area contributed by atoms with Crippen molar-refractivity contribution in [3.8, 4) is 0 Å². The molecule has 4 heteroatoms. The molecule has 0 fully saturated rings. The fourth-order valence-electron chi connectivity index (χ4n) is 0.869. The highest BCUT2D eigenvalue weighted by Crippen LogP contribution is 2.11. The highest BCUT2D eigenvalue weighted by Gasteiger charge is 2.17. The Morgan fingerprint density at radius 1 is 1.36 bits per heavy atom. The van der Waals surface area contributed by atoms with Crippen molar-refractivity contribution in [1.29, 1.82) is 0 Å². The molecule has 0 bridgehead atoms. The van der Waals surface area contributed by atoms with Gasteiger partial charge in [0.25, 0.3) is 0 Å². The molecule has 0 aliphatic carbocycles. The standard InChI is InChI=1S/C10H19NO3/c1-7(9(11)13)5-6-8(12)14-10(2,3)4/h7H,5-6H2,1-4H3,(H2,11,13)/t7-/m1/s1. The summed E-state index contributed by atoms with van der Waals surface area (Å²) in [7, 11) is 0. The van der Waals surface area contributed by atoms with Crippen LogP contribution in [0.1, 0.15) is 40.5 Å². The van der Waals surface area contributed by atoms with Crippen LogP contribution in [0.2, 0.25) is 0 Å². The van der Waals surface area contributed by atoms with Crippen LogP contribution in [-0.2, 0) is 14.3 Å². The van der Waals surface area contributed by atoms with Crippen molar-refractivity contribution in [2.24, 2.45) is 11.7 Å². The first-order valence-electron chi connectivity index (χ1n) is 4.73. The second kappa shape index (κ2) is 4.98. The molecule has 2 N–H and O–H groups in total. The smallest absolute Gasteiger partial charge is 0.306 e. The second-order valence-corrected chi connectivity index (χ2v) is 4.43. The van der Waals surface area contributed by atoms with E-state index in [0.717, 1.165) is 0 Å². The minimum absolute atomic E-state index is 0.237.